The van der Waals surface area contributed by atoms with Crippen molar-refractivity contribution in [2.75, 3.05) is 19.6 Å². The lowest BCUT2D eigenvalue weighted by Crippen LogP contribution is -2.30. The van der Waals surface area contributed by atoms with Gasteiger partial charge in [0.15, 0.2) is 0 Å². The number of aryl methyl sites for hydroxylation is 2. The molecule has 2 saturated carbocycles. The SMILES string of the molecule is Cc1cc(C)cc(C(O)CCN(CC2CC2)CC2CC2)c1. The van der Waals surface area contributed by atoms with Crippen LogP contribution >= 0.6 is 0 Å². The Labute approximate surface area is 129 Å². The maximum atomic E-state index is 10.5. The van der Waals surface area contributed by atoms with E-state index in [4.69, 9.17) is 0 Å². The van der Waals surface area contributed by atoms with E-state index in [1.807, 2.05) is 0 Å². The van der Waals surface area contributed by atoms with Crippen LogP contribution in [0.2, 0.25) is 0 Å². The van der Waals surface area contributed by atoms with Crippen molar-refractivity contribution in [1.29, 1.82) is 0 Å². The van der Waals surface area contributed by atoms with Crippen LogP contribution in [0.5, 0.6) is 0 Å². The highest BCUT2D eigenvalue weighted by atomic mass is 16.3. The first-order valence-corrected chi connectivity index (χ1v) is 8.59. The van der Waals surface area contributed by atoms with Gasteiger partial charge in [0.25, 0.3) is 0 Å². The topological polar surface area (TPSA) is 23.5 Å². The molecule has 0 amide bonds. The normalized spacial score (nSPS) is 20.0. The van der Waals surface area contributed by atoms with Gasteiger partial charge in [-0.25, -0.2) is 0 Å². The van der Waals surface area contributed by atoms with Crippen molar-refractivity contribution in [1.82, 2.24) is 4.90 Å². The maximum absolute atomic E-state index is 10.5. The molecule has 1 unspecified atom stereocenters. The first-order chi connectivity index (χ1) is 10.1. The van der Waals surface area contributed by atoms with E-state index in [9.17, 15) is 5.11 Å². The molecule has 1 N–H and O–H groups in total. The van der Waals surface area contributed by atoms with Crippen molar-refractivity contribution in [2.24, 2.45) is 11.8 Å². The smallest absolute Gasteiger partial charge is 0.0802 e. The lowest BCUT2D eigenvalue weighted by Gasteiger charge is -2.24. The first kappa shape index (κ1) is 15.1. The predicted molar refractivity (Wildman–Crippen MR) is 87.4 cm³/mol. The maximum Gasteiger partial charge on any atom is 0.0802 e. The summed E-state index contributed by atoms with van der Waals surface area (Å²) in [5.41, 5.74) is 3.58. The van der Waals surface area contributed by atoms with Crippen LogP contribution in [0.1, 0.15) is 54.9 Å². The Bertz CT molecular complexity index is 442. The predicted octanol–water partition coefficient (Wildman–Crippen LogP) is 3.85. The molecule has 21 heavy (non-hydrogen) atoms. The van der Waals surface area contributed by atoms with E-state index in [-0.39, 0.29) is 6.10 Å². The van der Waals surface area contributed by atoms with Gasteiger partial charge in [0, 0.05) is 19.6 Å². The molecule has 2 fully saturated rings. The van der Waals surface area contributed by atoms with E-state index in [0.29, 0.717) is 0 Å². The van der Waals surface area contributed by atoms with Crippen LogP contribution in [-0.2, 0) is 0 Å². The summed E-state index contributed by atoms with van der Waals surface area (Å²) in [6.07, 6.45) is 6.22. The lowest BCUT2D eigenvalue weighted by molar-refractivity contribution is 0.138. The molecule has 0 bridgehead atoms. The monoisotopic (exact) mass is 287 g/mol. The molecule has 0 heterocycles. The van der Waals surface area contributed by atoms with Crippen LogP contribution < -0.4 is 0 Å². The van der Waals surface area contributed by atoms with Crippen LogP contribution in [0.15, 0.2) is 18.2 Å². The Balaban J connectivity index is 1.53. The van der Waals surface area contributed by atoms with Gasteiger partial charge >= 0.3 is 0 Å². The summed E-state index contributed by atoms with van der Waals surface area (Å²) in [5.74, 6) is 1.89. The molecule has 2 aliphatic carbocycles. The number of rotatable bonds is 8. The number of hydrogen-bond acceptors (Lipinski definition) is 2. The number of aliphatic hydroxyl groups excluding tert-OH is 1. The fourth-order valence-corrected chi connectivity index (χ4v) is 3.26. The molecule has 0 saturated heterocycles. The number of nitrogens with zero attached hydrogens (tertiary/aromatic N) is 1. The average Bonchev–Trinajstić information content (AvgIpc) is 3.30. The fraction of sp³-hybridized carbons (Fsp3) is 0.684. The van der Waals surface area contributed by atoms with Crippen LogP contribution in [0, 0.1) is 25.7 Å². The van der Waals surface area contributed by atoms with E-state index < -0.39 is 0 Å². The molecular formula is C19H29NO. The van der Waals surface area contributed by atoms with E-state index in [0.717, 1.165) is 30.4 Å². The molecule has 0 spiro atoms. The van der Waals surface area contributed by atoms with Gasteiger partial charge in [-0.2, -0.15) is 0 Å². The van der Waals surface area contributed by atoms with E-state index >= 15 is 0 Å². The van der Waals surface area contributed by atoms with Gasteiger partial charge in [0.2, 0.25) is 0 Å². The Hall–Kier alpha value is -0.860. The summed E-state index contributed by atoms with van der Waals surface area (Å²) < 4.78 is 0. The molecule has 1 atom stereocenters. The largest absolute Gasteiger partial charge is 0.388 e. The van der Waals surface area contributed by atoms with Gasteiger partial charge in [-0.05, 0) is 63.4 Å². The molecule has 2 nitrogen and oxygen atoms in total. The lowest BCUT2D eigenvalue weighted by atomic mass is 10.0. The highest BCUT2D eigenvalue weighted by Gasteiger charge is 2.29. The summed E-state index contributed by atoms with van der Waals surface area (Å²) in [6.45, 7) is 7.78. The third-order valence-corrected chi connectivity index (χ3v) is 4.77. The van der Waals surface area contributed by atoms with Gasteiger partial charge in [-0.1, -0.05) is 29.3 Å². The summed E-state index contributed by atoms with van der Waals surface area (Å²) in [7, 11) is 0. The standard InChI is InChI=1S/C19H29NO/c1-14-9-15(2)11-18(10-14)19(21)7-8-20(12-16-3-4-16)13-17-5-6-17/h9-11,16-17,19,21H,3-8,12-13H2,1-2H3. The number of aliphatic hydroxyl groups is 1. The van der Waals surface area contributed by atoms with Crippen LogP contribution in [-0.4, -0.2) is 29.6 Å². The molecule has 0 radical (unpaired) electrons. The number of hydrogen-bond donors (Lipinski definition) is 1. The second kappa shape index (κ2) is 6.50. The van der Waals surface area contributed by atoms with Gasteiger partial charge in [0.05, 0.1) is 6.10 Å². The first-order valence-electron chi connectivity index (χ1n) is 8.59. The zero-order valence-corrected chi connectivity index (χ0v) is 13.5. The number of benzene rings is 1. The van der Waals surface area contributed by atoms with E-state index in [2.05, 4.69) is 36.9 Å². The summed E-state index contributed by atoms with van der Waals surface area (Å²) in [6, 6.07) is 6.43. The van der Waals surface area contributed by atoms with Crippen molar-refractivity contribution in [2.45, 2.75) is 52.1 Å². The van der Waals surface area contributed by atoms with Crippen molar-refractivity contribution in [3.05, 3.63) is 34.9 Å². The van der Waals surface area contributed by atoms with Crippen molar-refractivity contribution >= 4 is 0 Å². The Morgan fingerprint density at radius 3 is 2.00 bits per heavy atom. The zero-order chi connectivity index (χ0) is 14.8. The highest BCUT2D eigenvalue weighted by Crippen LogP contribution is 2.34. The minimum absolute atomic E-state index is 0.315. The molecule has 3 rings (SSSR count). The quantitative estimate of drug-likeness (QED) is 0.785. The van der Waals surface area contributed by atoms with Gasteiger partial charge < -0.3 is 10.0 Å². The molecule has 2 heteroatoms. The molecule has 116 valence electrons. The van der Waals surface area contributed by atoms with Crippen LogP contribution in [0.25, 0.3) is 0 Å². The summed E-state index contributed by atoms with van der Waals surface area (Å²) in [5, 5.41) is 10.5. The fourth-order valence-electron chi connectivity index (χ4n) is 3.26. The molecule has 2 aliphatic rings. The van der Waals surface area contributed by atoms with Crippen molar-refractivity contribution in [3.8, 4) is 0 Å². The molecule has 1 aromatic rings. The second-order valence-electron chi connectivity index (χ2n) is 7.37. The second-order valence-corrected chi connectivity index (χ2v) is 7.37. The van der Waals surface area contributed by atoms with Crippen LogP contribution in [0.3, 0.4) is 0 Å². The molecule has 0 aliphatic heterocycles. The third kappa shape index (κ3) is 4.82. The van der Waals surface area contributed by atoms with Crippen molar-refractivity contribution in [3.63, 3.8) is 0 Å². The highest BCUT2D eigenvalue weighted by molar-refractivity contribution is 5.29. The van der Waals surface area contributed by atoms with Gasteiger partial charge in [-0.3, -0.25) is 0 Å². The summed E-state index contributed by atoms with van der Waals surface area (Å²) in [4.78, 5) is 2.61. The van der Waals surface area contributed by atoms with Gasteiger partial charge in [0.1, 0.15) is 0 Å². The Morgan fingerprint density at radius 1 is 1.00 bits per heavy atom. The molecular weight excluding hydrogens is 258 g/mol. The third-order valence-electron chi connectivity index (χ3n) is 4.77. The Morgan fingerprint density at radius 2 is 1.52 bits per heavy atom. The summed E-state index contributed by atoms with van der Waals surface area (Å²) >= 11 is 0. The molecule has 1 aromatic carbocycles. The van der Waals surface area contributed by atoms with E-state index in [1.165, 1.54) is 49.9 Å². The molecule has 0 aromatic heterocycles. The van der Waals surface area contributed by atoms with E-state index in [1.54, 1.807) is 0 Å². The minimum atomic E-state index is -0.315. The van der Waals surface area contributed by atoms with Crippen molar-refractivity contribution < 1.29 is 5.11 Å². The Kier molecular flexibility index (Phi) is 4.66. The average molecular weight is 287 g/mol. The zero-order valence-electron chi connectivity index (χ0n) is 13.5. The van der Waals surface area contributed by atoms with Crippen LogP contribution in [0.4, 0.5) is 0 Å². The minimum Gasteiger partial charge on any atom is -0.388 e. The van der Waals surface area contributed by atoms with Gasteiger partial charge in [-0.15, -0.1) is 0 Å².